The molecular formula is C10H13N3O2. The summed E-state index contributed by atoms with van der Waals surface area (Å²) >= 11 is 0. The number of methoxy groups -OCH3 is 1. The van der Waals surface area contributed by atoms with Crippen LogP contribution in [0.3, 0.4) is 0 Å². The molecule has 0 N–H and O–H groups in total. The SMILES string of the molecule is COc1ccc(OCCCN=[N+]=[N-])cc1. The summed E-state index contributed by atoms with van der Waals surface area (Å²) in [6.07, 6.45) is 0.718. The fourth-order valence-electron chi connectivity index (χ4n) is 1.04. The van der Waals surface area contributed by atoms with Crippen molar-refractivity contribution >= 4 is 0 Å². The van der Waals surface area contributed by atoms with Gasteiger partial charge in [-0.3, -0.25) is 0 Å². The first kappa shape index (κ1) is 11.2. The Morgan fingerprint density at radius 3 is 2.53 bits per heavy atom. The van der Waals surface area contributed by atoms with Gasteiger partial charge in [0.2, 0.25) is 0 Å². The van der Waals surface area contributed by atoms with E-state index >= 15 is 0 Å². The zero-order valence-corrected chi connectivity index (χ0v) is 8.59. The van der Waals surface area contributed by atoms with E-state index in [1.54, 1.807) is 7.11 Å². The fraction of sp³-hybridized carbons (Fsp3) is 0.400. The summed E-state index contributed by atoms with van der Waals surface area (Å²) < 4.78 is 10.4. The molecule has 0 heterocycles. The molecule has 80 valence electrons. The van der Waals surface area contributed by atoms with Gasteiger partial charge in [-0.15, -0.1) is 0 Å². The van der Waals surface area contributed by atoms with Crippen molar-refractivity contribution in [1.82, 2.24) is 0 Å². The number of rotatable bonds is 6. The van der Waals surface area contributed by atoms with Gasteiger partial charge in [0.05, 0.1) is 13.7 Å². The van der Waals surface area contributed by atoms with Gasteiger partial charge in [0.1, 0.15) is 11.5 Å². The van der Waals surface area contributed by atoms with Gasteiger partial charge in [0.15, 0.2) is 0 Å². The van der Waals surface area contributed by atoms with Crippen LogP contribution in [0.15, 0.2) is 29.4 Å². The smallest absolute Gasteiger partial charge is 0.119 e. The summed E-state index contributed by atoms with van der Waals surface area (Å²) in [6.45, 7) is 1.01. The maximum absolute atomic E-state index is 8.04. The molecule has 5 nitrogen and oxygen atoms in total. The van der Waals surface area contributed by atoms with Crippen molar-refractivity contribution in [2.75, 3.05) is 20.3 Å². The number of nitrogens with zero attached hydrogens (tertiary/aromatic N) is 3. The minimum absolute atomic E-state index is 0.465. The molecule has 0 aromatic heterocycles. The van der Waals surface area contributed by atoms with Gasteiger partial charge >= 0.3 is 0 Å². The molecule has 0 fully saturated rings. The highest BCUT2D eigenvalue weighted by atomic mass is 16.5. The number of benzene rings is 1. The fourth-order valence-corrected chi connectivity index (χ4v) is 1.04. The van der Waals surface area contributed by atoms with Crippen molar-refractivity contribution in [2.45, 2.75) is 6.42 Å². The third-order valence-corrected chi connectivity index (χ3v) is 1.79. The van der Waals surface area contributed by atoms with E-state index in [0.29, 0.717) is 13.2 Å². The second kappa shape index (κ2) is 6.56. The van der Waals surface area contributed by atoms with Gasteiger partial charge in [0.25, 0.3) is 0 Å². The first-order valence-electron chi connectivity index (χ1n) is 4.64. The lowest BCUT2D eigenvalue weighted by Gasteiger charge is -2.05. The second-order valence-electron chi connectivity index (χ2n) is 2.83. The van der Waals surface area contributed by atoms with Crippen LogP contribution >= 0.6 is 0 Å². The summed E-state index contributed by atoms with van der Waals surface area (Å²) in [5, 5.41) is 3.41. The summed E-state index contributed by atoms with van der Waals surface area (Å²) in [5.74, 6) is 1.59. The summed E-state index contributed by atoms with van der Waals surface area (Å²) in [6, 6.07) is 7.35. The first-order valence-corrected chi connectivity index (χ1v) is 4.64. The molecule has 0 amide bonds. The zero-order chi connectivity index (χ0) is 10.9. The quantitative estimate of drug-likeness (QED) is 0.311. The summed E-state index contributed by atoms with van der Waals surface area (Å²) in [5.41, 5.74) is 8.04. The molecule has 5 heteroatoms. The molecule has 1 aromatic rings. The van der Waals surface area contributed by atoms with Gasteiger partial charge in [0, 0.05) is 11.5 Å². The highest BCUT2D eigenvalue weighted by molar-refractivity contribution is 5.31. The van der Waals surface area contributed by atoms with E-state index in [4.69, 9.17) is 15.0 Å². The van der Waals surface area contributed by atoms with E-state index in [9.17, 15) is 0 Å². The van der Waals surface area contributed by atoms with Crippen LogP contribution in [-0.2, 0) is 0 Å². The molecule has 1 rings (SSSR count). The number of hydrogen-bond acceptors (Lipinski definition) is 3. The number of azide groups is 1. The maximum Gasteiger partial charge on any atom is 0.119 e. The molecule has 0 aliphatic carbocycles. The van der Waals surface area contributed by atoms with E-state index in [-0.39, 0.29) is 0 Å². The summed E-state index contributed by atoms with van der Waals surface area (Å²) in [7, 11) is 1.62. The van der Waals surface area contributed by atoms with Crippen LogP contribution in [0.4, 0.5) is 0 Å². The molecule has 0 unspecified atom stereocenters. The normalized spacial score (nSPS) is 9.13. The van der Waals surface area contributed by atoms with E-state index < -0.39 is 0 Å². The van der Waals surface area contributed by atoms with Crippen LogP contribution in [0.2, 0.25) is 0 Å². The van der Waals surface area contributed by atoms with Crippen molar-refractivity contribution in [1.29, 1.82) is 0 Å². The Kier molecular flexibility index (Phi) is 4.90. The molecular weight excluding hydrogens is 194 g/mol. The molecule has 0 bridgehead atoms. The van der Waals surface area contributed by atoms with Crippen molar-refractivity contribution in [3.8, 4) is 11.5 Å². The monoisotopic (exact) mass is 207 g/mol. The molecule has 15 heavy (non-hydrogen) atoms. The van der Waals surface area contributed by atoms with Crippen LogP contribution in [0.5, 0.6) is 11.5 Å². The lowest BCUT2D eigenvalue weighted by atomic mass is 10.3. The average molecular weight is 207 g/mol. The molecule has 0 radical (unpaired) electrons. The molecule has 1 aromatic carbocycles. The Balaban J connectivity index is 2.28. The highest BCUT2D eigenvalue weighted by Crippen LogP contribution is 2.16. The van der Waals surface area contributed by atoms with Crippen LogP contribution in [0.1, 0.15) is 6.42 Å². The van der Waals surface area contributed by atoms with Crippen LogP contribution in [0.25, 0.3) is 10.4 Å². The predicted molar refractivity (Wildman–Crippen MR) is 57.1 cm³/mol. The third-order valence-electron chi connectivity index (χ3n) is 1.79. The molecule has 0 saturated heterocycles. The van der Waals surface area contributed by atoms with E-state index in [0.717, 1.165) is 17.9 Å². The summed E-state index contributed by atoms with van der Waals surface area (Å²) in [4.78, 5) is 2.66. The average Bonchev–Trinajstić information content (AvgIpc) is 2.30. The molecule has 0 saturated carbocycles. The largest absolute Gasteiger partial charge is 0.497 e. The van der Waals surface area contributed by atoms with Crippen LogP contribution in [-0.4, -0.2) is 20.3 Å². The highest BCUT2D eigenvalue weighted by Gasteiger charge is 1.94. The van der Waals surface area contributed by atoms with Gasteiger partial charge in [-0.05, 0) is 36.2 Å². The van der Waals surface area contributed by atoms with E-state index in [1.165, 1.54) is 0 Å². The number of hydrogen-bond donors (Lipinski definition) is 0. The van der Waals surface area contributed by atoms with Crippen molar-refractivity contribution in [2.24, 2.45) is 5.11 Å². The number of ether oxygens (including phenoxy) is 2. The van der Waals surface area contributed by atoms with Gasteiger partial charge < -0.3 is 9.47 Å². The lowest BCUT2D eigenvalue weighted by molar-refractivity contribution is 0.312. The van der Waals surface area contributed by atoms with Gasteiger partial charge in [-0.1, -0.05) is 5.11 Å². The molecule has 0 aliphatic heterocycles. The van der Waals surface area contributed by atoms with Crippen LogP contribution in [0, 0.1) is 0 Å². The van der Waals surface area contributed by atoms with Gasteiger partial charge in [-0.25, -0.2) is 0 Å². The Morgan fingerprint density at radius 2 is 1.93 bits per heavy atom. The maximum atomic E-state index is 8.04. The Labute approximate surface area is 88.3 Å². The lowest BCUT2D eigenvalue weighted by Crippen LogP contribution is -1.98. The van der Waals surface area contributed by atoms with E-state index in [1.807, 2.05) is 24.3 Å². The Hall–Kier alpha value is -1.87. The minimum atomic E-state index is 0.465. The van der Waals surface area contributed by atoms with Gasteiger partial charge in [-0.2, -0.15) is 0 Å². The standard InChI is InChI=1S/C10H13N3O2/c1-14-9-3-5-10(6-4-9)15-8-2-7-12-13-11/h3-6H,2,7-8H2,1H3. The molecule has 0 atom stereocenters. The van der Waals surface area contributed by atoms with Crippen molar-refractivity contribution in [3.63, 3.8) is 0 Å². The van der Waals surface area contributed by atoms with Crippen molar-refractivity contribution in [3.05, 3.63) is 34.7 Å². The predicted octanol–water partition coefficient (Wildman–Crippen LogP) is 2.77. The zero-order valence-electron chi connectivity index (χ0n) is 8.59. The van der Waals surface area contributed by atoms with Crippen LogP contribution < -0.4 is 9.47 Å². The van der Waals surface area contributed by atoms with Crippen molar-refractivity contribution < 1.29 is 9.47 Å². The Morgan fingerprint density at radius 1 is 1.27 bits per heavy atom. The minimum Gasteiger partial charge on any atom is -0.497 e. The topological polar surface area (TPSA) is 67.2 Å². The third kappa shape index (κ3) is 4.24. The molecule has 0 spiro atoms. The first-order chi connectivity index (χ1) is 7.36. The molecule has 0 aliphatic rings. The second-order valence-corrected chi connectivity index (χ2v) is 2.83. The van der Waals surface area contributed by atoms with E-state index in [2.05, 4.69) is 10.0 Å². The Bertz CT molecular complexity index is 331.